The fraction of sp³-hybridized carbons (Fsp3) is 0.500. The van der Waals surface area contributed by atoms with E-state index in [-0.39, 0.29) is 18.0 Å². The van der Waals surface area contributed by atoms with Gasteiger partial charge in [0.15, 0.2) is 24.4 Å². The van der Waals surface area contributed by atoms with Gasteiger partial charge in [-0.25, -0.2) is 4.79 Å². The molecule has 11 nitrogen and oxygen atoms in total. The van der Waals surface area contributed by atoms with Gasteiger partial charge in [0.1, 0.15) is 5.75 Å². The van der Waals surface area contributed by atoms with Crippen LogP contribution in [0.25, 0.3) is 0 Å². The Kier molecular flexibility index (Phi) is 7.37. The van der Waals surface area contributed by atoms with Gasteiger partial charge >= 0.3 is 17.9 Å². The summed E-state index contributed by atoms with van der Waals surface area (Å²) in [6.07, 6.45) is -7.64. The number of benzene rings is 1. The van der Waals surface area contributed by atoms with Crippen LogP contribution in [-0.2, 0) is 39.9 Å². The number of nitrogen functional groups attached to an aromatic ring is 1. The van der Waals surface area contributed by atoms with Crippen molar-refractivity contribution in [1.82, 2.24) is 0 Å². The van der Waals surface area contributed by atoms with Gasteiger partial charge in [-0.1, -0.05) is 6.07 Å². The van der Waals surface area contributed by atoms with Gasteiger partial charge in [0, 0.05) is 13.8 Å². The molecule has 0 spiro atoms. The maximum atomic E-state index is 12.2. The van der Waals surface area contributed by atoms with Crippen molar-refractivity contribution in [2.45, 2.75) is 51.2 Å². The van der Waals surface area contributed by atoms with Crippen molar-refractivity contribution in [3.05, 3.63) is 23.8 Å². The molecule has 1 fully saturated rings. The fourth-order valence-electron chi connectivity index (χ4n) is 2.80. The monoisotopic (exact) mass is 413 g/mol. The number of rotatable bonds is 6. The van der Waals surface area contributed by atoms with Gasteiger partial charge < -0.3 is 39.6 Å². The van der Waals surface area contributed by atoms with Gasteiger partial charge in [0.05, 0.1) is 19.4 Å². The summed E-state index contributed by atoms with van der Waals surface area (Å²) >= 11 is 0. The number of hydrogen-bond donors (Lipinski definition) is 3. The minimum atomic E-state index is -1.64. The van der Waals surface area contributed by atoms with Crippen LogP contribution in [0.3, 0.4) is 0 Å². The first-order valence-corrected chi connectivity index (χ1v) is 8.59. The molecule has 4 N–H and O–H groups in total. The first-order valence-electron chi connectivity index (χ1n) is 8.59. The molecule has 0 aliphatic carbocycles. The van der Waals surface area contributed by atoms with Crippen molar-refractivity contribution >= 4 is 23.6 Å². The predicted molar refractivity (Wildman–Crippen MR) is 95.2 cm³/mol. The summed E-state index contributed by atoms with van der Waals surface area (Å²) in [5, 5.41) is 19.8. The van der Waals surface area contributed by atoms with Crippen LogP contribution in [0.5, 0.6) is 5.75 Å². The summed E-state index contributed by atoms with van der Waals surface area (Å²) in [7, 11) is 1.09. The highest BCUT2D eigenvalue weighted by Gasteiger charge is 2.53. The average molecular weight is 413 g/mol. The second kappa shape index (κ2) is 9.54. The molecule has 0 amide bonds. The standard InChI is InChI=1S/C18H23NO10/c1-8(21)26-14-13(23)18(28-12-5-4-10(7-20)6-11(12)19)29-16(17(24)25-3)15(14)27-9(2)22/h4-6,13-16,18,20,23H,7,19H2,1-3H3/t13-,14-,15+,16+,18?/m1/s1. The Labute approximate surface area is 166 Å². The number of esters is 3. The number of anilines is 1. The summed E-state index contributed by atoms with van der Waals surface area (Å²) in [5.41, 5.74) is 6.53. The minimum Gasteiger partial charge on any atom is -0.467 e. The van der Waals surface area contributed by atoms with Crippen LogP contribution in [0.1, 0.15) is 19.4 Å². The molecule has 160 valence electrons. The molecular weight excluding hydrogens is 390 g/mol. The molecular formula is C18H23NO10. The van der Waals surface area contributed by atoms with Crippen molar-refractivity contribution < 1.29 is 48.3 Å². The smallest absolute Gasteiger partial charge is 0.339 e. The Balaban J connectivity index is 2.36. The van der Waals surface area contributed by atoms with E-state index in [2.05, 4.69) is 4.74 Å². The van der Waals surface area contributed by atoms with Crippen molar-refractivity contribution in [2.24, 2.45) is 0 Å². The molecule has 0 bridgehead atoms. The van der Waals surface area contributed by atoms with E-state index in [0.29, 0.717) is 5.56 Å². The lowest BCUT2D eigenvalue weighted by molar-refractivity contribution is -0.278. The second-order valence-electron chi connectivity index (χ2n) is 6.24. The lowest BCUT2D eigenvalue weighted by Gasteiger charge is -2.41. The average Bonchev–Trinajstić information content (AvgIpc) is 2.66. The van der Waals surface area contributed by atoms with E-state index in [9.17, 15) is 19.5 Å². The molecule has 11 heteroatoms. The van der Waals surface area contributed by atoms with Crippen LogP contribution in [0.15, 0.2) is 18.2 Å². The predicted octanol–water partition coefficient (Wildman–Crippen LogP) is -0.738. The molecule has 2 rings (SSSR count). The molecule has 1 aliphatic heterocycles. The summed E-state index contributed by atoms with van der Waals surface area (Å²) in [4.78, 5) is 35.1. The van der Waals surface area contributed by atoms with E-state index in [0.717, 1.165) is 21.0 Å². The number of carbonyl (C=O) groups excluding carboxylic acids is 3. The van der Waals surface area contributed by atoms with Crippen LogP contribution >= 0.6 is 0 Å². The molecule has 0 saturated carbocycles. The number of aliphatic hydroxyl groups excluding tert-OH is 2. The van der Waals surface area contributed by atoms with Gasteiger partial charge in [-0.2, -0.15) is 0 Å². The quantitative estimate of drug-likeness (QED) is 0.306. The van der Waals surface area contributed by atoms with E-state index >= 15 is 0 Å². The molecule has 29 heavy (non-hydrogen) atoms. The molecule has 1 unspecified atom stereocenters. The summed E-state index contributed by atoms with van der Waals surface area (Å²) in [6.45, 7) is 1.93. The summed E-state index contributed by atoms with van der Waals surface area (Å²) < 4.78 is 25.8. The van der Waals surface area contributed by atoms with Crippen molar-refractivity contribution in [2.75, 3.05) is 12.8 Å². The molecule has 0 aromatic heterocycles. The summed E-state index contributed by atoms with van der Waals surface area (Å²) in [5.74, 6) is -2.43. The normalized spacial score (nSPS) is 26.3. The van der Waals surface area contributed by atoms with E-state index < -0.39 is 48.6 Å². The van der Waals surface area contributed by atoms with Crippen LogP contribution in [0.4, 0.5) is 5.69 Å². The van der Waals surface area contributed by atoms with E-state index in [4.69, 9.17) is 29.8 Å². The second-order valence-corrected chi connectivity index (χ2v) is 6.24. The Morgan fingerprint density at radius 1 is 1.14 bits per heavy atom. The van der Waals surface area contributed by atoms with E-state index in [1.54, 1.807) is 0 Å². The number of ether oxygens (including phenoxy) is 5. The Morgan fingerprint density at radius 2 is 1.76 bits per heavy atom. The lowest BCUT2D eigenvalue weighted by atomic mass is 9.98. The van der Waals surface area contributed by atoms with E-state index in [1.807, 2.05) is 0 Å². The first kappa shape index (κ1) is 22.4. The maximum absolute atomic E-state index is 12.2. The number of carbonyl (C=O) groups is 3. The van der Waals surface area contributed by atoms with Crippen LogP contribution in [0.2, 0.25) is 0 Å². The van der Waals surface area contributed by atoms with Crippen LogP contribution in [-0.4, -0.2) is 65.9 Å². The topological polar surface area (TPSA) is 164 Å². The molecule has 1 aromatic carbocycles. The van der Waals surface area contributed by atoms with Crippen molar-refractivity contribution in [1.29, 1.82) is 0 Å². The Hall–Kier alpha value is -2.89. The zero-order valence-corrected chi connectivity index (χ0v) is 16.1. The van der Waals surface area contributed by atoms with Gasteiger partial charge in [-0.05, 0) is 17.7 Å². The molecule has 1 aliphatic rings. The third-order valence-corrected chi connectivity index (χ3v) is 4.06. The SMILES string of the molecule is COC(=O)[C@H]1OC(Oc2ccc(CO)cc2N)[C@H](O)[C@@H](OC(C)=O)[C@@H]1OC(C)=O. The summed E-state index contributed by atoms with van der Waals surface area (Å²) in [6, 6.07) is 4.42. The molecule has 1 aromatic rings. The highest BCUT2D eigenvalue weighted by Crippen LogP contribution is 2.31. The number of hydrogen-bond acceptors (Lipinski definition) is 11. The van der Waals surface area contributed by atoms with Crippen LogP contribution < -0.4 is 10.5 Å². The Morgan fingerprint density at radius 3 is 2.28 bits per heavy atom. The highest BCUT2D eigenvalue weighted by atomic mass is 16.7. The number of nitrogens with two attached hydrogens (primary N) is 1. The molecule has 5 atom stereocenters. The van der Waals surface area contributed by atoms with Gasteiger partial charge in [0.25, 0.3) is 0 Å². The number of methoxy groups -OCH3 is 1. The van der Waals surface area contributed by atoms with Gasteiger partial charge in [-0.15, -0.1) is 0 Å². The zero-order chi connectivity index (χ0) is 21.7. The van der Waals surface area contributed by atoms with Crippen LogP contribution in [0, 0.1) is 0 Å². The van der Waals surface area contributed by atoms with Gasteiger partial charge in [-0.3, -0.25) is 9.59 Å². The molecule has 1 heterocycles. The Bertz CT molecular complexity index is 767. The fourth-order valence-corrected chi connectivity index (χ4v) is 2.80. The highest BCUT2D eigenvalue weighted by molar-refractivity contribution is 5.77. The van der Waals surface area contributed by atoms with Crippen molar-refractivity contribution in [3.8, 4) is 5.75 Å². The maximum Gasteiger partial charge on any atom is 0.339 e. The van der Waals surface area contributed by atoms with E-state index in [1.165, 1.54) is 18.2 Å². The third-order valence-electron chi connectivity index (χ3n) is 4.06. The van der Waals surface area contributed by atoms with Crippen molar-refractivity contribution in [3.63, 3.8) is 0 Å². The molecule has 1 saturated heterocycles. The first-order chi connectivity index (χ1) is 13.7. The largest absolute Gasteiger partial charge is 0.467 e. The lowest BCUT2D eigenvalue weighted by Crippen LogP contribution is -2.63. The molecule has 0 radical (unpaired) electrons. The third kappa shape index (κ3) is 5.34. The minimum absolute atomic E-state index is 0.0855. The van der Waals surface area contributed by atoms with Gasteiger partial charge in [0.2, 0.25) is 6.29 Å². The number of aliphatic hydroxyl groups is 2. The zero-order valence-electron chi connectivity index (χ0n) is 16.1.